The molecule has 0 spiro atoms. The van der Waals surface area contributed by atoms with Crippen LogP contribution in [0.5, 0.6) is 0 Å². The Labute approximate surface area is 156 Å². The Hall–Kier alpha value is -1.65. The van der Waals surface area contributed by atoms with Crippen LogP contribution in [0.2, 0.25) is 0 Å². The van der Waals surface area contributed by atoms with Crippen LogP contribution in [0.25, 0.3) is 5.57 Å². The van der Waals surface area contributed by atoms with Gasteiger partial charge in [-0.05, 0) is 48.8 Å². The maximum atomic E-state index is 13.0. The van der Waals surface area contributed by atoms with E-state index in [0.717, 1.165) is 36.0 Å². The molecular formula is C22H30O4. The fourth-order valence-electron chi connectivity index (χ4n) is 4.19. The number of carbonyl (C=O) groups is 1. The maximum absolute atomic E-state index is 13.0. The zero-order chi connectivity index (χ0) is 18.7. The van der Waals surface area contributed by atoms with Gasteiger partial charge in [0.1, 0.15) is 5.76 Å². The van der Waals surface area contributed by atoms with Gasteiger partial charge < -0.3 is 14.6 Å². The lowest BCUT2D eigenvalue weighted by atomic mass is 9.79. The van der Waals surface area contributed by atoms with Crippen molar-refractivity contribution in [2.45, 2.75) is 65.6 Å². The summed E-state index contributed by atoms with van der Waals surface area (Å²) in [5, 5.41) is 10.8. The molecule has 1 aromatic rings. The van der Waals surface area contributed by atoms with Crippen molar-refractivity contribution >= 4 is 11.4 Å². The Balaban J connectivity index is 1.89. The topological polar surface area (TPSA) is 55.8 Å². The van der Waals surface area contributed by atoms with Crippen molar-refractivity contribution in [2.24, 2.45) is 5.92 Å². The van der Waals surface area contributed by atoms with E-state index >= 15 is 0 Å². The van der Waals surface area contributed by atoms with E-state index in [1.807, 2.05) is 0 Å². The molecule has 1 saturated heterocycles. The Morgan fingerprint density at radius 2 is 1.69 bits per heavy atom. The van der Waals surface area contributed by atoms with Crippen LogP contribution in [0.3, 0.4) is 0 Å². The minimum atomic E-state index is -0.243. The highest BCUT2D eigenvalue weighted by molar-refractivity contribution is 6.22. The number of carbonyl (C=O) groups excluding carboxylic acids is 1. The maximum Gasteiger partial charge on any atom is 0.167 e. The third-order valence-electron chi connectivity index (χ3n) is 5.40. The van der Waals surface area contributed by atoms with Gasteiger partial charge in [-0.3, -0.25) is 4.79 Å². The molecule has 1 atom stereocenters. The van der Waals surface area contributed by atoms with Gasteiger partial charge in [-0.2, -0.15) is 0 Å². The van der Waals surface area contributed by atoms with Gasteiger partial charge in [-0.15, -0.1) is 0 Å². The summed E-state index contributed by atoms with van der Waals surface area (Å²) in [6.45, 7) is 7.70. The third-order valence-corrected chi connectivity index (χ3v) is 5.40. The molecule has 4 nitrogen and oxygen atoms in total. The highest BCUT2D eigenvalue weighted by Crippen LogP contribution is 2.38. The van der Waals surface area contributed by atoms with Gasteiger partial charge in [-0.25, -0.2) is 0 Å². The summed E-state index contributed by atoms with van der Waals surface area (Å²) >= 11 is 0. The molecule has 2 aliphatic rings. The third kappa shape index (κ3) is 4.02. The van der Waals surface area contributed by atoms with Crippen molar-refractivity contribution in [2.75, 3.05) is 13.2 Å². The molecule has 1 unspecified atom stereocenters. The van der Waals surface area contributed by atoms with Crippen LogP contribution >= 0.6 is 0 Å². The molecule has 0 radical (unpaired) electrons. The highest BCUT2D eigenvalue weighted by atomic mass is 16.7. The van der Waals surface area contributed by atoms with Gasteiger partial charge in [0.15, 0.2) is 12.1 Å². The second-order valence-corrected chi connectivity index (χ2v) is 7.44. The summed E-state index contributed by atoms with van der Waals surface area (Å²) < 4.78 is 11.2. The minimum Gasteiger partial charge on any atom is -0.512 e. The molecule has 0 bridgehead atoms. The first kappa shape index (κ1) is 19.1. The molecule has 1 heterocycles. The molecule has 1 aliphatic carbocycles. The van der Waals surface area contributed by atoms with Gasteiger partial charge >= 0.3 is 0 Å². The molecule has 142 valence electrons. The van der Waals surface area contributed by atoms with Crippen LogP contribution in [0, 0.1) is 12.8 Å². The summed E-state index contributed by atoms with van der Waals surface area (Å²) in [5.41, 5.74) is 5.01. The molecule has 26 heavy (non-hydrogen) atoms. The molecule has 1 aromatic carbocycles. The van der Waals surface area contributed by atoms with E-state index in [0.29, 0.717) is 38.0 Å². The van der Waals surface area contributed by atoms with Crippen LogP contribution in [0.4, 0.5) is 0 Å². The number of ether oxygens (including phenoxy) is 2. The molecule has 0 saturated carbocycles. The van der Waals surface area contributed by atoms with Crippen LogP contribution in [-0.2, 0) is 27.1 Å². The lowest BCUT2D eigenvalue weighted by Gasteiger charge is -2.30. The van der Waals surface area contributed by atoms with Crippen LogP contribution in [-0.4, -0.2) is 30.4 Å². The van der Waals surface area contributed by atoms with Gasteiger partial charge in [0.05, 0.1) is 18.8 Å². The number of aryl methyl sites for hydroxylation is 3. The number of allylic oxidation sites excluding steroid dienone is 2. The molecule has 3 rings (SSSR count). The Bertz CT molecular complexity index is 673. The summed E-state index contributed by atoms with van der Waals surface area (Å²) in [6.07, 6.45) is 4.00. The molecule has 0 amide bonds. The number of rotatable bonds is 5. The van der Waals surface area contributed by atoms with Crippen molar-refractivity contribution in [1.82, 2.24) is 0 Å². The van der Waals surface area contributed by atoms with Crippen molar-refractivity contribution in [3.05, 3.63) is 40.1 Å². The standard InChI is InChI=1S/C22H30O4/c1-4-16-9-14(3)10-17(5-2)21(16)22-18(23)11-15(12-19(22)24)13-20-25-7-6-8-26-20/h9-10,15,20,23H,4-8,11-13H2,1-3H3. The van der Waals surface area contributed by atoms with E-state index in [1.165, 1.54) is 5.56 Å². The molecular weight excluding hydrogens is 328 g/mol. The first-order valence-electron chi connectivity index (χ1n) is 9.84. The zero-order valence-electron chi connectivity index (χ0n) is 16.1. The summed E-state index contributed by atoms with van der Waals surface area (Å²) in [6, 6.07) is 4.27. The first-order chi connectivity index (χ1) is 12.5. The fourth-order valence-corrected chi connectivity index (χ4v) is 4.19. The number of aliphatic hydroxyl groups excluding tert-OH is 1. The number of ketones is 1. The fraction of sp³-hybridized carbons (Fsp3) is 0.591. The number of Topliss-reactive ketones (excluding diaryl/α,β-unsaturated/α-hetero) is 1. The van der Waals surface area contributed by atoms with Crippen molar-refractivity contribution < 1.29 is 19.4 Å². The SMILES string of the molecule is CCc1cc(C)cc(CC)c1C1=C(O)CC(CC2OCCCO2)CC1=O. The molecule has 4 heteroatoms. The van der Waals surface area contributed by atoms with Crippen LogP contribution in [0.15, 0.2) is 17.9 Å². The Kier molecular flexibility index (Phi) is 6.15. The van der Waals surface area contributed by atoms with Crippen LogP contribution < -0.4 is 0 Å². The molecule has 1 aliphatic heterocycles. The Morgan fingerprint density at radius 1 is 1.08 bits per heavy atom. The van der Waals surface area contributed by atoms with E-state index in [-0.39, 0.29) is 23.8 Å². The van der Waals surface area contributed by atoms with E-state index in [1.54, 1.807) is 0 Å². The van der Waals surface area contributed by atoms with E-state index < -0.39 is 0 Å². The van der Waals surface area contributed by atoms with Crippen molar-refractivity contribution in [3.63, 3.8) is 0 Å². The molecule has 1 fully saturated rings. The summed E-state index contributed by atoms with van der Waals surface area (Å²) in [4.78, 5) is 13.0. The lowest BCUT2D eigenvalue weighted by molar-refractivity contribution is -0.187. The number of aliphatic hydroxyl groups is 1. The quantitative estimate of drug-likeness (QED) is 0.841. The second-order valence-electron chi connectivity index (χ2n) is 7.44. The number of benzene rings is 1. The van der Waals surface area contributed by atoms with E-state index in [4.69, 9.17) is 9.47 Å². The monoisotopic (exact) mass is 358 g/mol. The predicted molar refractivity (Wildman–Crippen MR) is 102 cm³/mol. The van der Waals surface area contributed by atoms with Gasteiger partial charge in [0.2, 0.25) is 0 Å². The average Bonchev–Trinajstić information content (AvgIpc) is 2.62. The van der Waals surface area contributed by atoms with Crippen molar-refractivity contribution in [3.8, 4) is 0 Å². The minimum absolute atomic E-state index is 0.0443. The number of hydrogen-bond donors (Lipinski definition) is 1. The average molecular weight is 358 g/mol. The normalized spacial score (nSPS) is 22.1. The van der Waals surface area contributed by atoms with Gasteiger partial charge in [0, 0.05) is 19.3 Å². The van der Waals surface area contributed by atoms with E-state index in [9.17, 15) is 9.90 Å². The van der Waals surface area contributed by atoms with Gasteiger partial charge in [-0.1, -0.05) is 31.5 Å². The summed E-state index contributed by atoms with van der Waals surface area (Å²) in [5.74, 6) is 0.355. The first-order valence-corrected chi connectivity index (χ1v) is 9.84. The molecule has 1 N–H and O–H groups in total. The smallest absolute Gasteiger partial charge is 0.167 e. The van der Waals surface area contributed by atoms with Crippen molar-refractivity contribution in [1.29, 1.82) is 0 Å². The largest absolute Gasteiger partial charge is 0.512 e. The predicted octanol–water partition coefficient (Wildman–Crippen LogP) is 4.52. The zero-order valence-corrected chi connectivity index (χ0v) is 16.1. The highest BCUT2D eigenvalue weighted by Gasteiger charge is 2.32. The molecule has 0 aromatic heterocycles. The number of hydrogen-bond acceptors (Lipinski definition) is 4. The Morgan fingerprint density at radius 3 is 2.23 bits per heavy atom. The van der Waals surface area contributed by atoms with Crippen LogP contribution in [0.1, 0.15) is 61.8 Å². The van der Waals surface area contributed by atoms with Gasteiger partial charge in [0.25, 0.3) is 0 Å². The lowest BCUT2D eigenvalue weighted by Crippen LogP contribution is -2.30. The van der Waals surface area contributed by atoms with E-state index in [2.05, 4.69) is 32.9 Å². The summed E-state index contributed by atoms with van der Waals surface area (Å²) in [7, 11) is 0. The second kappa shape index (κ2) is 8.36.